The van der Waals surface area contributed by atoms with E-state index < -0.39 is 0 Å². The second-order valence-electron chi connectivity index (χ2n) is 8.67. The first kappa shape index (κ1) is 19.9. The zero-order valence-electron chi connectivity index (χ0n) is 16.7. The van der Waals surface area contributed by atoms with Gasteiger partial charge in [-0.25, -0.2) is 0 Å². The molecule has 2 fully saturated rings. The summed E-state index contributed by atoms with van der Waals surface area (Å²) in [6.45, 7) is 5.89. The van der Waals surface area contributed by atoms with Crippen LogP contribution in [0.1, 0.15) is 52.9 Å². The van der Waals surface area contributed by atoms with E-state index in [4.69, 9.17) is 17.0 Å². The van der Waals surface area contributed by atoms with E-state index in [9.17, 15) is 4.79 Å². The van der Waals surface area contributed by atoms with E-state index in [0.29, 0.717) is 12.1 Å². The van der Waals surface area contributed by atoms with Crippen molar-refractivity contribution in [3.8, 4) is 5.75 Å². The van der Waals surface area contributed by atoms with E-state index in [2.05, 4.69) is 15.5 Å². The molecule has 3 atom stereocenters. The molecule has 1 aromatic rings. The number of rotatable bonds is 3. The van der Waals surface area contributed by atoms with Gasteiger partial charge in [0, 0.05) is 23.5 Å². The van der Waals surface area contributed by atoms with Crippen molar-refractivity contribution in [2.45, 2.75) is 71.0 Å². The predicted octanol–water partition coefficient (Wildman–Crippen LogP) is 3.94. The number of ether oxygens (including phenoxy) is 1. The Balaban J connectivity index is 1.69. The van der Waals surface area contributed by atoms with Gasteiger partial charge in [0.2, 0.25) is 5.91 Å². The number of carbonyl (C=O) groups is 1. The number of hydrogen-bond donors (Lipinski definition) is 2. The van der Waals surface area contributed by atoms with Crippen LogP contribution in [-0.2, 0) is 4.79 Å². The molecule has 1 unspecified atom stereocenters. The lowest BCUT2D eigenvalue weighted by molar-refractivity contribution is -0.129. The fourth-order valence-corrected chi connectivity index (χ4v) is 4.57. The fourth-order valence-electron chi connectivity index (χ4n) is 4.16. The van der Waals surface area contributed by atoms with Gasteiger partial charge in [-0.2, -0.15) is 0 Å². The molecule has 1 amide bonds. The van der Waals surface area contributed by atoms with Crippen molar-refractivity contribution in [1.82, 2.24) is 10.2 Å². The Labute approximate surface area is 167 Å². The average Bonchev–Trinajstić information content (AvgIpc) is 2.60. The highest BCUT2D eigenvalue weighted by molar-refractivity contribution is 7.80. The first-order chi connectivity index (χ1) is 12.8. The highest BCUT2D eigenvalue weighted by Gasteiger charge is 2.40. The van der Waals surface area contributed by atoms with Crippen LogP contribution in [0.25, 0.3) is 0 Å². The Morgan fingerprint density at radius 3 is 2.41 bits per heavy atom. The maximum absolute atomic E-state index is 12.4. The Morgan fingerprint density at radius 1 is 1.19 bits per heavy atom. The molecular formula is C21H31N3O2S. The summed E-state index contributed by atoms with van der Waals surface area (Å²) in [5.41, 5.74) is 0.540. The number of carbonyl (C=O) groups excluding carboxylic acids is 1. The number of para-hydroxylation sites is 2. The summed E-state index contributed by atoms with van der Waals surface area (Å²) < 4.78 is 5.43. The third-order valence-electron chi connectivity index (χ3n) is 5.57. The van der Waals surface area contributed by atoms with Crippen LogP contribution < -0.4 is 15.4 Å². The molecule has 2 aliphatic rings. The van der Waals surface area contributed by atoms with Crippen LogP contribution in [0.5, 0.6) is 5.75 Å². The lowest BCUT2D eigenvalue weighted by atomic mass is 9.81. The molecule has 0 spiro atoms. The van der Waals surface area contributed by atoms with E-state index >= 15 is 0 Å². The van der Waals surface area contributed by atoms with E-state index in [0.717, 1.165) is 42.2 Å². The maximum Gasteiger partial charge on any atom is 0.225 e. The van der Waals surface area contributed by atoms with E-state index in [1.165, 1.54) is 6.42 Å². The lowest BCUT2D eigenvalue weighted by Gasteiger charge is -2.50. The van der Waals surface area contributed by atoms with Crippen molar-refractivity contribution in [1.29, 1.82) is 0 Å². The van der Waals surface area contributed by atoms with Crippen LogP contribution in [0.3, 0.4) is 0 Å². The van der Waals surface area contributed by atoms with Crippen LogP contribution in [0.2, 0.25) is 0 Å². The van der Waals surface area contributed by atoms with E-state index in [1.807, 2.05) is 45.0 Å². The monoisotopic (exact) mass is 389 g/mol. The van der Waals surface area contributed by atoms with E-state index in [1.54, 1.807) is 7.11 Å². The zero-order chi connectivity index (χ0) is 19.6. The van der Waals surface area contributed by atoms with Gasteiger partial charge in [-0.3, -0.25) is 4.79 Å². The predicted molar refractivity (Wildman–Crippen MR) is 113 cm³/mol. The Kier molecular flexibility index (Phi) is 5.94. The topological polar surface area (TPSA) is 53.6 Å². The third-order valence-corrected chi connectivity index (χ3v) is 5.89. The molecule has 0 radical (unpaired) electrons. The van der Waals surface area contributed by atoms with Crippen molar-refractivity contribution in [2.75, 3.05) is 12.4 Å². The molecule has 2 heterocycles. The minimum absolute atomic E-state index is 0.133. The summed E-state index contributed by atoms with van der Waals surface area (Å²) in [5, 5.41) is 7.41. The van der Waals surface area contributed by atoms with Gasteiger partial charge in [0.1, 0.15) is 5.75 Å². The van der Waals surface area contributed by atoms with Crippen molar-refractivity contribution in [3.05, 3.63) is 24.3 Å². The van der Waals surface area contributed by atoms with Crippen LogP contribution in [-0.4, -0.2) is 41.2 Å². The number of thiocarbonyl (C=S) groups is 1. The summed E-state index contributed by atoms with van der Waals surface area (Å²) >= 11 is 5.78. The SMILES string of the molecule is COc1ccccc1NC(=S)N1[C@@H]2CCC[C@H]1CC(NC(=O)C(C)(C)C)C2. The molecule has 5 nitrogen and oxygen atoms in total. The maximum atomic E-state index is 12.4. The average molecular weight is 390 g/mol. The number of nitrogens with zero attached hydrogens (tertiary/aromatic N) is 1. The number of piperidine rings is 2. The van der Waals surface area contributed by atoms with Gasteiger partial charge in [-0.15, -0.1) is 0 Å². The van der Waals surface area contributed by atoms with Gasteiger partial charge in [0.25, 0.3) is 0 Å². The van der Waals surface area contributed by atoms with Crippen LogP contribution in [0, 0.1) is 5.41 Å². The Morgan fingerprint density at radius 2 is 1.81 bits per heavy atom. The molecule has 2 saturated heterocycles. The zero-order valence-corrected chi connectivity index (χ0v) is 17.6. The van der Waals surface area contributed by atoms with Crippen molar-refractivity contribution >= 4 is 28.9 Å². The van der Waals surface area contributed by atoms with Crippen molar-refractivity contribution < 1.29 is 9.53 Å². The molecule has 2 bridgehead atoms. The molecule has 0 aliphatic carbocycles. The number of benzene rings is 1. The molecule has 1 aromatic carbocycles. The number of amides is 1. The minimum atomic E-state index is -0.354. The van der Waals surface area contributed by atoms with Gasteiger partial charge in [-0.05, 0) is 56.5 Å². The molecule has 2 N–H and O–H groups in total. The second-order valence-corrected chi connectivity index (χ2v) is 9.05. The normalized spacial score (nSPS) is 24.9. The first-order valence-electron chi connectivity index (χ1n) is 9.83. The summed E-state index contributed by atoms with van der Waals surface area (Å²) in [6, 6.07) is 8.82. The molecule has 0 aromatic heterocycles. The van der Waals surface area contributed by atoms with Crippen molar-refractivity contribution in [2.24, 2.45) is 5.41 Å². The molecule has 3 rings (SSSR count). The first-order valence-corrected chi connectivity index (χ1v) is 10.2. The standard InChI is InChI=1S/C21H31N3O2S/c1-21(2,3)19(25)22-14-12-15-8-7-9-16(13-14)24(15)20(27)23-17-10-5-6-11-18(17)26-4/h5-6,10-11,14-16H,7-9,12-13H2,1-4H3,(H,22,25)(H,23,27)/t14?,15-,16+. The van der Waals surface area contributed by atoms with E-state index in [-0.39, 0.29) is 17.4 Å². The highest BCUT2D eigenvalue weighted by Crippen LogP contribution is 2.35. The smallest absolute Gasteiger partial charge is 0.225 e. The number of hydrogen-bond acceptors (Lipinski definition) is 3. The molecule has 2 aliphatic heterocycles. The second kappa shape index (κ2) is 8.05. The number of methoxy groups -OCH3 is 1. The Hall–Kier alpha value is -1.82. The quantitative estimate of drug-likeness (QED) is 0.767. The summed E-state index contributed by atoms with van der Waals surface area (Å²) in [7, 11) is 1.67. The summed E-state index contributed by atoms with van der Waals surface area (Å²) in [5.74, 6) is 0.922. The van der Waals surface area contributed by atoms with Gasteiger partial charge in [0.15, 0.2) is 5.11 Å². The van der Waals surface area contributed by atoms with Gasteiger partial charge in [-0.1, -0.05) is 32.9 Å². The van der Waals surface area contributed by atoms with Gasteiger partial charge < -0.3 is 20.3 Å². The van der Waals surface area contributed by atoms with Crippen LogP contribution >= 0.6 is 12.2 Å². The molecule has 6 heteroatoms. The largest absolute Gasteiger partial charge is 0.495 e. The van der Waals surface area contributed by atoms with Crippen molar-refractivity contribution in [3.63, 3.8) is 0 Å². The van der Waals surface area contributed by atoms with Gasteiger partial charge in [0.05, 0.1) is 12.8 Å². The van der Waals surface area contributed by atoms with Crippen LogP contribution in [0.15, 0.2) is 24.3 Å². The highest BCUT2D eigenvalue weighted by atomic mass is 32.1. The molecular weight excluding hydrogens is 358 g/mol. The van der Waals surface area contributed by atoms with Gasteiger partial charge >= 0.3 is 0 Å². The number of nitrogens with one attached hydrogen (secondary N) is 2. The molecule has 0 saturated carbocycles. The summed E-state index contributed by atoms with van der Waals surface area (Å²) in [4.78, 5) is 14.8. The number of anilines is 1. The third kappa shape index (κ3) is 4.54. The molecule has 148 valence electrons. The lowest BCUT2D eigenvalue weighted by Crippen LogP contribution is -2.60. The molecule has 27 heavy (non-hydrogen) atoms. The number of fused-ring (bicyclic) bond motifs is 2. The minimum Gasteiger partial charge on any atom is -0.495 e. The summed E-state index contributed by atoms with van der Waals surface area (Å²) in [6.07, 6.45) is 5.36. The fraction of sp³-hybridized carbons (Fsp3) is 0.619. The Bertz CT molecular complexity index is 687. The van der Waals surface area contributed by atoms with Crippen LogP contribution in [0.4, 0.5) is 5.69 Å².